The standard InChI is InChI=1S/C17H17N3O/c1-2-10-20(16-5-3-4-15(19)11-16)17(21)14-8-6-13(12-18)7-9-14/h3-9,11H,2,10,19H2,1H3. The van der Waals surface area contributed by atoms with Crippen LogP contribution in [0.15, 0.2) is 48.5 Å². The van der Waals surface area contributed by atoms with E-state index in [1.54, 1.807) is 41.3 Å². The molecular formula is C17H17N3O. The van der Waals surface area contributed by atoms with Crippen molar-refractivity contribution in [3.63, 3.8) is 0 Å². The summed E-state index contributed by atoms with van der Waals surface area (Å²) in [6, 6.07) is 16.0. The van der Waals surface area contributed by atoms with Crippen LogP contribution in [-0.2, 0) is 0 Å². The van der Waals surface area contributed by atoms with Crippen molar-refractivity contribution in [3.05, 3.63) is 59.7 Å². The average molecular weight is 279 g/mol. The summed E-state index contributed by atoms with van der Waals surface area (Å²) >= 11 is 0. The Bertz CT molecular complexity index is 671. The van der Waals surface area contributed by atoms with Gasteiger partial charge in [-0.1, -0.05) is 13.0 Å². The summed E-state index contributed by atoms with van der Waals surface area (Å²) < 4.78 is 0. The van der Waals surface area contributed by atoms with Crippen LogP contribution in [0.4, 0.5) is 11.4 Å². The number of carbonyl (C=O) groups is 1. The van der Waals surface area contributed by atoms with E-state index in [2.05, 4.69) is 0 Å². The van der Waals surface area contributed by atoms with Crippen molar-refractivity contribution in [3.8, 4) is 6.07 Å². The van der Waals surface area contributed by atoms with Gasteiger partial charge in [-0.3, -0.25) is 4.79 Å². The smallest absolute Gasteiger partial charge is 0.258 e. The van der Waals surface area contributed by atoms with Crippen molar-refractivity contribution in [2.24, 2.45) is 0 Å². The van der Waals surface area contributed by atoms with Gasteiger partial charge in [0.2, 0.25) is 0 Å². The Morgan fingerprint density at radius 3 is 2.52 bits per heavy atom. The Balaban J connectivity index is 2.33. The van der Waals surface area contributed by atoms with E-state index in [9.17, 15) is 4.79 Å². The van der Waals surface area contributed by atoms with Gasteiger partial charge < -0.3 is 10.6 Å². The number of anilines is 2. The molecule has 106 valence electrons. The molecule has 0 aromatic heterocycles. The molecule has 0 aliphatic heterocycles. The molecule has 0 saturated heterocycles. The van der Waals surface area contributed by atoms with E-state index in [0.29, 0.717) is 23.4 Å². The third kappa shape index (κ3) is 3.40. The number of nitrogens with zero attached hydrogens (tertiary/aromatic N) is 2. The van der Waals surface area contributed by atoms with Gasteiger partial charge in [-0.05, 0) is 48.9 Å². The topological polar surface area (TPSA) is 70.1 Å². The van der Waals surface area contributed by atoms with Gasteiger partial charge in [0, 0.05) is 23.5 Å². The van der Waals surface area contributed by atoms with Crippen molar-refractivity contribution in [2.45, 2.75) is 13.3 Å². The molecule has 0 atom stereocenters. The number of nitrogens with two attached hydrogens (primary N) is 1. The third-order valence-electron chi connectivity index (χ3n) is 3.14. The summed E-state index contributed by atoms with van der Waals surface area (Å²) in [6.45, 7) is 2.63. The molecule has 2 aromatic carbocycles. The maximum absolute atomic E-state index is 12.6. The van der Waals surface area contributed by atoms with Crippen LogP contribution in [0.1, 0.15) is 29.3 Å². The number of hydrogen-bond donors (Lipinski definition) is 1. The molecule has 2 N–H and O–H groups in total. The molecular weight excluding hydrogens is 262 g/mol. The Morgan fingerprint density at radius 1 is 1.24 bits per heavy atom. The predicted molar refractivity (Wildman–Crippen MR) is 84.0 cm³/mol. The number of nitriles is 1. The van der Waals surface area contributed by atoms with E-state index in [1.807, 2.05) is 25.1 Å². The second-order valence-electron chi connectivity index (χ2n) is 4.74. The van der Waals surface area contributed by atoms with Crippen molar-refractivity contribution in [2.75, 3.05) is 17.2 Å². The van der Waals surface area contributed by atoms with Crippen molar-refractivity contribution >= 4 is 17.3 Å². The number of hydrogen-bond acceptors (Lipinski definition) is 3. The maximum Gasteiger partial charge on any atom is 0.258 e. The lowest BCUT2D eigenvalue weighted by atomic mass is 10.1. The predicted octanol–water partition coefficient (Wildman–Crippen LogP) is 3.20. The van der Waals surface area contributed by atoms with Gasteiger partial charge in [-0.2, -0.15) is 5.26 Å². The Morgan fingerprint density at radius 2 is 1.95 bits per heavy atom. The summed E-state index contributed by atoms with van der Waals surface area (Å²) in [6.07, 6.45) is 0.844. The molecule has 21 heavy (non-hydrogen) atoms. The second-order valence-corrected chi connectivity index (χ2v) is 4.74. The molecule has 0 spiro atoms. The van der Waals surface area contributed by atoms with Crippen LogP contribution in [0.3, 0.4) is 0 Å². The van der Waals surface area contributed by atoms with E-state index >= 15 is 0 Å². The highest BCUT2D eigenvalue weighted by Gasteiger charge is 2.17. The highest BCUT2D eigenvalue weighted by Crippen LogP contribution is 2.20. The average Bonchev–Trinajstić information content (AvgIpc) is 2.52. The molecule has 0 saturated carbocycles. The van der Waals surface area contributed by atoms with Gasteiger partial charge in [-0.25, -0.2) is 0 Å². The SMILES string of the molecule is CCCN(C(=O)c1ccc(C#N)cc1)c1cccc(N)c1. The zero-order valence-corrected chi connectivity index (χ0v) is 11.9. The Labute approximate surface area is 124 Å². The molecule has 0 aliphatic carbocycles. The summed E-state index contributed by atoms with van der Waals surface area (Å²) in [7, 11) is 0. The molecule has 2 rings (SSSR count). The van der Waals surface area contributed by atoms with Crippen LogP contribution in [0.25, 0.3) is 0 Å². The molecule has 1 amide bonds. The number of benzene rings is 2. The van der Waals surface area contributed by atoms with E-state index in [0.717, 1.165) is 12.1 Å². The van der Waals surface area contributed by atoms with Gasteiger partial charge in [0.05, 0.1) is 11.6 Å². The van der Waals surface area contributed by atoms with Gasteiger partial charge in [0.25, 0.3) is 5.91 Å². The van der Waals surface area contributed by atoms with Crippen LogP contribution in [0.2, 0.25) is 0 Å². The summed E-state index contributed by atoms with van der Waals surface area (Å²) in [5, 5.41) is 8.81. The van der Waals surface area contributed by atoms with Crippen molar-refractivity contribution in [1.82, 2.24) is 0 Å². The quantitative estimate of drug-likeness (QED) is 0.874. The largest absolute Gasteiger partial charge is 0.399 e. The van der Waals surface area contributed by atoms with E-state index in [1.165, 1.54) is 0 Å². The van der Waals surface area contributed by atoms with Gasteiger partial charge >= 0.3 is 0 Å². The van der Waals surface area contributed by atoms with Gasteiger partial charge in [0.15, 0.2) is 0 Å². The second kappa shape index (κ2) is 6.58. The van der Waals surface area contributed by atoms with E-state index in [4.69, 9.17) is 11.0 Å². The molecule has 4 heteroatoms. The molecule has 2 aromatic rings. The van der Waals surface area contributed by atoms with Crippen LogP contribution in [0.5, 0.6) is 0 Å². The first kappa shape index (κ1) is 14.6. The summed E-state index contributed by atoms with van der Waals surface area (Å²) in [5.41, 5.74) is 8.30. The lowest BCUT2D eigenvalue weighted by Crippen LogP contribution is -2.31. The van der Waals surface area contributed by atoms with Crippen LogP contribution in [0, 0.1) is 11.3 Å². The Kier molecular flexibility index (Phi) is 4.57. The highest BCUT2D eigenvalue weighted by atomic mass is 16.2. The number of nitrogen functional groups attached to an aromatic ring is 1. The van der Waals surface area contributed by atoms with Gasteiger partial charge in [-0.15, -0.1) is 0 Å². The normalized spacial score (nSPS) is 9.90. The molecule has 0 aliphatic rings. The lowest BCUT2D eigenvalue weighted by Gasteiger charge is -2.22. The molecule has 0 unspecified atom stereocenters. The van der Waals surface area contributed by atoms with E-state index in [-0.39, 0.29) is 5.91 Å². The lowest BCUT2D eigenvalue weighted by molar-refractivity contribution is 0.0987. The van der Waals surface area contributed by atoms with Gasteiger partial charge in [0.1, 0.15) is 0 Å². The van der Waals surface area contributed by atoms with Crippen LogP contribution >= 0.6 is 0 Å². The van der Waals surface area contributed by atoms with Crippen molar-refractivity contribution in [1.29, 1.82) is 5.26 Å². The van der Waals surface area contributed by atoms with Crippen LogP contribution in [-0.4, -0.2) is 12.5 Å². The first-order valence-corrected chi connectivity index (χ1v) is 6.83. The minimum atomic E-state index is -0.0908. The Hall–Kier alpha value is -2.80. The number of amides is 1. The molecule has 4 nitrogen and oxygen atoms in total. The molecule has 0 fully saturated rings. The zero-order chi connectivity index (χ0) is 15.2. The first-order valence-electron chi connectivity index (χ1n) is 6.83. The highest BCUT2D eigenvalue weighted by molar-refractivity contribution is 6.06. The fraction of sp³-hybridized carbons (Fsp3) is 0.176. The third-order valence-corrected chi connectivity index (χ3v) is 3.14. The minimum absolute atomic E-state index is 0.0908. The molecule has 0 radical (unpaired) electrons. The fourth-order valence-corrected chi connectivity index (χ4v) is 2.11. The summed E-state index contributed by atoms with van der Waals surface area (Å²) in [4.78, 5) is 14.4. The number of carbonyl (C=O) groups excluding carboxylic acids is 1. The van der Waals surface area contributed by atoms with Crippen molar-refractivity contribution < 1.29 is 4.79 Å². The minimum Gasteiger partial charge on any atom is -0.399 e. The number of rotatable bonds is 4. The first-order chi connectivity index (χ1) is 10.2. The monoisotopic (exact) mass is 279 g/mol. The molecule has 0 bridgehead atoms. The fourth-order valence-electron chi connectivity index (χ4n) is 2.11. The maximum atomic E-state index is 12.6. The zero-order valence-electron chi connectivity index (χ0n) is 11.9. The molecule has 0 heterocycles. The van der Waals surface area contributed by atoms with E-state index < -0.39 is 0 Å². The summed E-state index contributed by atoms with van der Waals surface area (Å²) in [5.74, 6) is -0.0908. The van der Waals surface area contributed by atoms with Crippen LogP contribution < -0.4 is 10.6 Å².